The first kappa shape index (κ1) is 17.6. The zero-order valence-corrected chi connectivity index (χ0v) is 15.8. The Morgan fingerprint density at radius 2 is 2.04 bits per heavy atom. The van der Waals surface area contributed by atoms with Gasteiger partial charge in [0.2, 0.25) is 0 Å². The molecule has 2 fully saturated rings. The number of fused-ring (bicyclic) bond motifs is 1. The second-order valence-electron chi connectivity index (χ2n) is 6.97. The van der Waals surface area contributed by atoms with Crippen LogP contribution < -0.4 is 5.73 Å². The number of aryl methyl sites for hydroxylation is 1. The van der Waals surface area contributed by atoms with Gasteiger partial charge < -0.3 is 15.1 Å². The summed E-state index contributed by atoms with van der Waals surface area (Å²) in [5, 5.41) is -0.0234. The van der Waals surface area contributed by atoms with Gasteiger partial charge >= 0.3 is 0 Å². The Kier molecular flexibility index (Phi) is 4.13. The number of likely N-dealkylation sites (tertiary alicyclic amines) is 1. The number of amides is 1. The molecule has 2 N–H and O–H groups in total. The summed E-state index contributed by atoms with van der Waals surface area (Å²) in [5.41, 5.74) is 7.10. The van der Waals surface area contributed by atoms with Crippen LogP contribution in [0.3, 0.4) is 0 Å². The van der Waals surface area contributed by atoms with E-state index < -0.39 is 21.1 Å². The van der Waals surface area contributed by atoms with Crippen LogP contribution >= 0.6 is 11.6 Å². The van der Waals surface area contributed by atoms with Crippen molar-refractivity contribution in [3.05, 3.63) is 46.7 Å². The maximum absolute atomic E-state index is 12.9. The van der Waals surface area contributed by atoms with E-state index in [0.717, 1.165) is 0 Å². The van der Waals surface area contributed by atoms with E-state index in [1.807, 2.05) is 18.2 Å². The molecule has 1 aromatic heterocycles. The third-order valence-corrected chi connectivity index (χ3v) is 7.92. The van der Waals surface area contributed by atoms with Crippen LogP contribution in [0.15, 0.2) is 34.7 Å². The summed E-state index contributed by atoms with van der Waals surface area (Å²) < 4.78 is 30.1. The summed E-state index contributed by atoms with van der Waals surface area (Å²) >= 11 is 6.20. The molecule has 0 radical (unpaired) electrons. The zero-order valence-electron chi connectivity index (χ0n) is 14.2. The number of benzene rings is 1. The van der Waals surface area contributed by atoms with Crippen molar-refractivity contribution in [1.29, 1.82) is 0 Å². The van der Waals surface area contributed by atoms with Crippen molar-refractivity contribution < 1.29 is 17.6 Å². The van der Waals surface area contributed by atoms with Gasteiger partial charge in [-0.25, -0.2) is 8.42 Å². The van der Waals surface area contributed by atoms with Gasteiger partial charge in [0, 0.05) is 30.6 Å². The Labute approximate surface area is 156 Å². The number of sulfone groups is 1. The third-order valence-electron chi connectivity index (χ3n) is 5.32. The largest absolute Gasteiger partial charge is 0.460 e. The van der Waals surface area contributed by atoms with Gasteiger partial charge in [-0.15, -0.1) is 0 Å². The number of nitrogens with two attached hydrogens (primary N) is 1. The summed E-state index contributed by atoms with van der Waals surface area (Å²) in [6.07, 6.45) is 0. The molecule has 0 saturated carbocycles. The molecular formula is C18H19ClN2O4S. The summed E-state index contributed by atoms with van der Waals surface area (Å²) in [6, 6.07) is 8.49. The molecule has 0 unspecified atom stereocenters. The summed E-state index contributed by atoms with van der Waals surface area (Å²) in [6.45, 7) is 2.26. The predicted molar refractivity (Wildman–Crippen MR) is 98.8 cm³/mol. The standard InChI is InChI=1S/C18H19ClN2O4S/c1-10-12(6-16(25-10)11-4-2-3-5-14(11)19)18(22)21-7-13-15(20)9-26(23,24)17(13)8-21/h2-6,13,15,17H,7-9,20H2,1H3/t13-,15+,17-/m0/s1. The van der Waals surface area contributed by atoms with E-state index in [2.05, 4.69) is 0 Å². The molecule has 2 aliphatic heterocycles. The fourth-order valence-corrected chi connectivity index (χ4v) is 6.42. The molecule has 1 amide bonds. The predicted octanol–water partition coefficient (Wildman–Crippen LogP) is 2.10. The van der Waals surface area contributed by atoms with Crippen molar-refractivity contribution in [1.82, 2.24) is 4.90 Å². The van der Waals surface area contributed by atoms with E-state index in [1.54, 1.807) is 24.0 Å². The number of hydrogen-bond donors (Lipinski definition) is 1. The highest BCUT2D eigenvalue weighted by atomic mass is 35.5. The van der Waals surface area contributed by atoms with Gasteiger partial charge in [-0.1, -0.05) is 23.7 Å². The van der Waals surface area contributed by atoms with Gasteiger partial charge in [-0.3, -0.25) is 4.79 Å². The van der Waals surface area contributed by atoms with Crippen molar-refractivity contribution in [2.45, 2.75) is 18.2 Å². The lowest BCUT2D eigenvalue weighted by Gasteiger charge is -2.18. The van der Waals surface area contributed by atoms with Crippen LogP contribution in [-0.2, 0) is 9.84 Å². The highest BCUT2D eigenvalue weighted by Gasteiger charge is 2.51. The molecule has 0 spiro atoms. The average Bonchev–Trinajstić information content (AvgIpc) is 3.23. The maximum Gasteiger partial charge on any atom is 0.257 e. The quantitative estimate of drug-likeness (QED) is 0.841. The number of nitrogens with zero attached hydrogens (tertiary/aromatic N) is 1. The summed E-state index contributed by atoms with van der Waals surface area (Å²) in [4.78, 5) is 14.5. The molecule has 0 bridgehead atoms. The van der Waals surface area contributed by atoms with E-state index >= 15 is 0 Å². The number of rotatable bonds is 2. The molecule has 1 aromatic carbocycles. The molecule has 3 heterocycles. The lowest BCUT2D eigenvalue weighted by molar-refractivity contribution is 0.0784. The summed E-state index contributed by atoms with van der Waals surface area (Å²) in [5.74, 6) is 0.570. The Balaban J connectivity index is 1.62. The van der Waals surface area contributed by atoms with E-state index in [9.17, 15) is 13.2 Å². The highest BCUT2D eigenvalue weighted by Crippen LogP contribution is 2.35. The van der Waals surface area contributed by atoms with Crippen molar-refractivity contribution in [2.75, 3.05) is 18.8 Å². The maximum atomic E-state index is 12.9. The average molecular weight is 395 g/mol. The molecule has 26 heavy (non-hydrogen) atoms. The lowest BCUT2D eigenvalue weighted by Crippen LogP contribution is -2.35. The first-order valence-corrected chi connectivity index (χ1v) is 10.5. The molecule has 2 aliphatic rings. The molecule has 138 valence electrons. The molecule has 3 atom stereocenters. The topological polar surface area (TPSA) is 93.6 Å². The van der Waals surface area contributed by atoms with Crippen LogP contribution in [-0.4, -0.2) is 49.4 Å². The van der Waals surface area contributed by atoms with E-state index in [4.69, 9.17) is 21.8 Å². The second-order valence-corrected chi connectivity index (χ2v) is 9.64. The van der Waals surface area contributed by atoms with E-state index in [1.165, 1.54) is 0 Å². The minimum atomic E-state index is -3.23. The zero-order chi connectivity index (χ0) is 18.6. The fourth-order valence-electron chi connectivity index (χ4n) is 3.93. The molecular weight excluding hydrogens is 376 g/mol. The van der Waals surface area contributed by atoms with E-state index in [-0.39, 0.29) is 24.1 Å². The number of carbonyl (C=O) groups is 1. The molecule has 2 aromatic rings. The van der Waals surface area contributed by atoms with Gasteiger partial charge in [0.25, 0.3) is 5.91 Å². The first-order valence-electron chi connectivity index (χ1n) is 8.39. The Bertz CT molecular complexity index is 985. The second kappa shape index (κ2) is 6.11. The van der Waals surface area contributed by atoms with Crippen molar-refractivity contribution in [3.63, 3.8) is 0 Å². The van der Waals surface area contributed by atoms with Crippen LogP contribution in [0, 0.1) is 12.8 Å². The fraction of sp³-hybridized carbons (Fsp3) is 0.389. The number of hydrogen-bond acceptors (Lipinski definition) is 5. The molecule has 8 heteroatoms. The van der Waals surface area contributed by atoms with Crippen LogP contribution in [0.2, 0.25) is 5.02 Å². The number of carbonyl (C=O) groups excluding carboxylic acids is 1. The minimum absolute atomic E-state index is 0.00571. The van der Waals surface area contributed by atoms with Gasteiger partial charge in [0.15, 0.2) is 9.84 Å². The molecule has 4 rings (SSSR count). The smallest absolute Gasteiger partial charge is 0.257 e. The van der Waals surface area contributed by atoms with Gasteiger partial charge in [0.1, 0.15) is 11.5 Å². The Morgan fingerprint density at radius 3 is 2.73 bits per heavy atom. The van der Waals surface area contributed by atoms with Crippen molar-refractivity contribution in [3.8, 4) is 11.3 Å². The van der Waals surface area contributed by atoms with Crippen LogP contribution in [0.1, 0.15) is 16.1 Å². The normalized spacial score (nSPS) is 26.9. The highest BCUT2D eigenvalue weighted by molar-refractivity contribution is 7.92. The molecule has 2 saturated heterocycles. The minimum Gasteiger partial charge on any atom is -0.460 e. The third kappa shape index (κ3) is 2.74. The monoisotopic (exact) mass is 394 g/mol. The van der Waals surface area contributed by atoms with Crippen LogP contribution in [0.4, 0.5) is 0 Å². The Hall–Kier alpha value is -1.83. The number of halogens is 1. The van der Waals surface area contributed by atoms with Crippen LogP contribution in [0.5, 0.6) is 0 Å². The first-order chi connectivity index (χ1) is 12.3. The van der Waals surface area contributed by atoms with Crippen molar-refractivity contribution >= 4 is 27.3 Å². The van der Waals surface area contributed by atoms with Crippen molar-refractivity contribution in [2.24, 2.45) is 11.7 Å². The van der Waals surface area contributed by atoms with E-state index in [0.29, 0.717) is 34.2 Å². The molecule has 6 nitrogen and oxygen atoms in total. The summed E-state index contributed by atoms with van der Waals surface area (Å²) in [7, 11) is -3.23. The number of furan rings is 1. The SMILES string of the molecule is Cc1oc(-c2ccccc2Cl)cc1C(=O)N1C[C@H]2[C@H](N)CS(=O)(=O)[C@H]2C1. The molecule has 0 aliphatic carbocycles. The lowest BCUT2D eigenvalue weighted by atomic mass is 10.0. The Morgan fingerprint density at radius 1 is 1.31 bits per heavy atom. The van der Waals surface area contributed by atoms with Gasteiger partial charge in [-0.2, -0.15) is 0 Å². The van der Waals surface area contributed by atoms with Gasteiger partial charge in [0.05, 0.1) is 21.6 Å². The van der Waals surface area contributed by atoms with Crippen LogP contribution in [0.25, 0.3) is 11.3 Å². The van der Waals surface area contributed by atoms with Gasteiger partial charge in [-0.05, 0) is 25.1 Å².